The number of nitrogens with zero attached hydrogens (tertiary/aromatic N) is 4. The molecule has 2 saturated heterocycles. The van der Waals surface area contributed by atoms with Gasteiger partial charge in [-0.15, -0.1) is 0 Å². The molecule has 0 amide bonds. The molecular formula is C17H28N4O. The second-order valence-electron chi connectivity index (χ2n) is 6.97. The van der Waals surface area contributed by atoms with Crippen molar-refractivity contribution < 1.29 is 5.11 Å². The Morgan fingerprint density at radius 3 is 2.45 bits per heavy atom. The molecule has 122 valence electrons. The van der Waals surface area contributed by atoms with E-state index in [-0.39, 0.29) is 0 Å². The molecule has 3 rings (SSSR count). The van der Waals surface area contributed by atoms with Crippen molar-refractivity contribution in [3.63, 3.8) is 0 Å². The first-order valence-corrected chi connectivity index (χ1v) is 8.38. The lowest BCUT2D eigenvalue weighted by molar-refractivity contribution is -0.0544. The van der Waals surface area contributed by atoms with Crippen molar-refractivity contribution in [3.05, 3.63) is 30.1 Å². The molecule has 0 unspecified atom stereocenters. The lowest BCUT2D eigenvalue weighted by Gasteiger charge is -2.43. The molecule has 1 aromatic heterocycles. The number of likely N-dealkylation sites (tertiary alicyclic amines) is 1. The maximum atomic E-state index is 10.8. The lowest BCUT2D eigenvalue weighted by atomic mass is 9.92. The molecule has 1 atom stereocenters. The predicted octanol–water partition coefficient (Wildman–Crippen LogP) is 0.656. The highest BCUT2D eigenvalue weighted by Gasteiger charge is 2.34. The van der Waals surface area contributed by atoms with Gasteiger partial charge in [0.1, 0.15) is 0 Å². The van der Waals surface area contributed by atoms with E-state index >= 15 is 0 Å². The normalized spacial score (nSPS) is 28.8. The number of hydrogen-bond donors (Lipinski definition) is 1. The quantitative estimate of drug-likeness (QED) is 0.885. The summed E-state index contributed by atoms with van der Waals surface area (Å²) in [4.78, 5) is 11.2. The average Bonchev–Trinajstić information content (AvgIpc) is 2.50. The van der Waals surface area contributed by atoms with Gasteiger partial charge in [0.15, 0.2) is 0 Å². The summed E-state index contributed by atoms with van der Waals surface area (Å²) < 4.78 is 0. The molecule has 3 heterocycles. The minimum atomic E-state index is -0.514. The number of aliphatic hydroxyl groups is 1. The van der Waals surface area contributed by atoms with Crippen LogP contribution in [0.5, 0.6) is 0 Å². The molecule has 0 radical (unpaired) electrons. The highest BCUT2D eigenvalue weighted by atomic mass is 16.3. The summed E-state index contributed by atoms with van der Waals surface area (Å²) in [7, 11) is 2.11. The zero-order valence-corrected chi connectivity index (χ0v) is 13.6. The highest BCUT2D eigenvalue weighted by molar-refractivity contribution is 5.09. The van der Waals surface area contributed by atoms with E-state index in [9.17, 15) is 5.11 Å². The zero-order chi connectivity index (χ0) is 15.4. The Morgan fingerprint density at radius 2 is 1.77 bits per heavy atom. The Bertz CT molecular complexity index is 461. The van der Waals surface area contributed by atoms with Crippen LogP contribution in [-0.2, 0) is 6.54 Å². The van der Waals surface area contributed by atoms with Crippen LogP contribution in [-0.4, -0.2) is 83.3 Å². The Balaban J connectivity index is 1.45. The summed E-state index contributed by atoms with van der Waals surface area (Å²) in [5.41, 5.74) is 0.816. The van der Waals surface area contributed by atoms with E-state index in [1.54, 1.807) is 0 Å². The van der Waals surface area contributed by atoms with E-state index in [2.05, 4.69) is 38.9 Å². The van der Waals surface area contributed by atoms with Gasteiger partial charge in [-0.3, -0.25) is 14.8 Å². The van der Waals surface area contributed by atoms with Crippen molar-refractivity contribution >= 4 is 0 Å². The van der Waals surface area contributed by atoms with Gasteiger partial charge < -0.3 is 10.0 Å². The number of pyridine rings is 1. The molecular weight excluding hydrogens is 276 g/mol. The summed E-state index contributed by atoms with van der Waals surface area (Å²) in [6.45, 7) is 8.01. The summed E-state index contributed by atoms with van der Waals surface area (Å²) >= 11 is 0. The summed E-state index contributed by atoms with van der Waals surface area (Å²) in [5, 5.41) is 10.8. The summed E-state index contributed by atoms with van der Waals surface area (Å²) in [6.07, 6.45) is 5.77. The van der Waals surface area contributed by atoms with E-state index < -0.39 is 5.60 Å². The molecule has 22 heavy (non-hydrogen) atoms. The van der Waals surface area contributed by atoms with Crippen molar-refractivity contribution in [2.45, 2.75) is 25.0 Å². The van der Waals surface area contributed by atoms with E-state index in [0.717, 1.165) is 65.2 Å². The molecule has 2 aliphatic heterocycles. The number of aromatic nitrogens is 1. The topological polar surface area (TPSA) is 42.8 Å². The smallest absolute Gasteiger partial charge is 0.0900 e. The van der Waals surface area contributed by atoms with Crippen molar-refractivity contribution in [1.29, 1.82) is 0 Å². The van der Waals surface area contributed by atoms with Crippen molar-refractivity contribution in [3.8, 4) is 0 Å². The number of likely N-dealkylation sites (N-methyl/N-ethyl adjacent to an activating group) is 1. The monoisotopic (exact) mass is 304 g/mol. The van der Waals surface area contributed by atoms with Gasteiger partial charge >= 0.3 is 0 Å². The molecule has 1 aromatic rings. The summed E-state index contributed by atoms with van der Waals surface area (Å²) in [5.74, 6) is 0. The van der Waals surface area contributed by atoms with Crippen molar-refractivity contribution in [1.82, 2.24) is 19.7 Å². The highest BCUT2D eigenvalue weighted by Crippen LogP contribution is 2.22. The SMILES string of the molecule is CN1CCC[C@@](O)(CN2CCN(Cc3ccncc3)CC2)C1. The van der Waals surface area contributed by atoms with Gasteiger partial charge in [0.25, 0.3) is 0 Å². The number of hydrogen-bond acceptors (Lipinski definition) is 5. The molecule has 5 nitrogen and oxygen atoms in total. The minimum Gasteiger partial charge on any atom is -0.387 e. The average molecular weight is 304 g/mol. The molecule has 0 spiro atoms. The standard InChI is InChI=1S/C17H28N4O/c1-19-8-2-5-17(22,14-19)15-21-11-9-20(10-12-21)13-16-3-6-18-7-4-16/h3-4,6-7,22H,2,5,8-15H2,1H3/t17-/m0/s1. The van der Waals surface area contributed by atoms with Gasteiger partial charge in [0.05, 0.1) is 5.60 Å². The van der Waals surface area contributed by atoms with Crippen molar-refractivity contribution in [2.24, 2.45) is 0 Å². The van der Waals surface area contributed by atoms with Crippen molar-refractivity contribution in [2.75, 3.05) is 52.9 Å². The first-order chi connectivity index (χ1) is 10.6. The van der Waals surface area contributed by atoms with Gasteiger partial charge in [0.2, 0.25) is 0 Å². The molecule has 0 saturated carbocycles. The van der Waals surface area contributed by atoms with E-state index in [1.807, 2.05) is 12.4 Å². The Morgan fingerprint density at radius 1 is 1.09 bits per heavy atom. The number of β-amino-alcohol motifs (C(OH)–C–C–N with tert-alkyl or cyclic N) is 1. The second-order valence-corrected chi connectivity index (χ2v) is 6.97. The van der Waals surface area contributed by atoms with Gasteiger partial charge in [-0.05, 0) is 44.1 Å². The van der Waals surface area contributed by atoms with Gasteiger partial charge in [-0.2, -0.15) is 0 Å². The van der Waals surface area contributed by atoms with Gasteiger partial charge in [-0.25, -0.2) is 0 Å². The molecule has 0 aliphatic carbocycles. The third kappa shape index (κ3) is 4.26. The third-order valence-electron chi connectivity index (χ3n) is 4.88. The Labute approximate surface area is 133 Å². The second kappa shape index (κ2) is 7.04. The largest absolute Gasteiger partial charge is 0.387 e. The number of piperidine rings is 1. The van der Waals surface area contributed by atoms with Crippen LogP contribution in [0.4, 0.5) is 0 Å². The van der Waals surface area contributed by atoms with Crippen LogP contribution < -0.4 is 0 Å². The number of rotatable bonds is 4. The van der Waals surface area contributed by atoms with Crippen LogP contribution in [0.3, 0.4) is 0 Å². The van der Waals surface area contributed by atoms with E-state index in [1.165, 1.54) is 5.56 Å². The fourth-order valence-corrected chi connectivity index (χ4v) is 3.74. The van der Waals surface area contributed by atoms with Gasteiger partial charge in [-0.1, -0.05) is 0 Å². The maximum absolute atomic E-state index is 10.8. The van der Waals surface area contributed by atoms with Crippen LogP contribution >= 0.6 is 0 Å². The molecule has 5 heteroatoms. The van der Waals surface area contributed by atoms with Crippen LogP contribution in [0.25, 0.3) is 0 Å². The fraction of sp³-hybridized carbons (Fsp3) is 0.706. The first-order valence-electron chi connectivity index (χ1n) is 8.38. The molecule has 2 fully saturated rings. The van der Waals surface area contributed by atoms with Crippen LogP contribution in [0.15, 0.2) is 24.5 Å². The summed E-state index contributed by atoms with van der Waals surface area (Å²) in [6, 6.07) is 4.18. The first kappa shape index (κ1) is 15.9. The molecule has 0 bridgehead atoms. The van der Waals surface area contributed by atoms with E-state index in [4.69, 9.17) is 0 Å². The Hall–Kier alpha value is -1.01. The lowest BCUT2D eigenvalue weighted by Crippen LogP contribution is -2.56. The van der Waals surface area contributed by atoms with Crippen LogP contribution in [0.2, 0.25) is 0 Å². The minimum absolute atomic E-state index is 0.514. The third-order valence-corrected chi connectivity index (χ3v) is 4.88. The Kier molecular flexibility index (Phi) is 5.08. The maximum Gasteiger partial charge on any atom is 0.0900 e. The van der Waals surface area contributed by atoms with Gasteiger partial charge in [0, 0.05) is 58.2 Å². The van der Waals surface area contributed by atoms with E-state index in [0.29, 0.717) is 0 Å². The molecule has 1 N–H and O–H groups in total. The molecule has 0 aromatic carbocycles. The zero-order valence-electron chi connectivity index (χ0n) is 13.6. The van der Waals surface area contributed by atoms with Crippen LogP contribution in [0, 0.1) is 0 Å². The number of piperazine rings is 1. The molecule has 2 aliphatic rings. The predicted molar refractivity (Wildman–Crippen MR) is 87.6 cm³/mol. The fourth-order valence-electron chi connectivity index (χ4n) is 3.74. The van der Waals surface area contributed by atoms with Crippen LogP contribution in [0.1, 0.15) is 18.4 Å².